The van der Waals surface area contributed by atoms with Gasteiger partial charge in [-0.05, 0) is 40.6 Å². The Kier molecular flexibility index (Phi) is 4.39. The molecule has 6 aromatic carbocycles. The maximum Gasteiger partial charge on any atom is 0.195 e. The zero-order chi connectivity index (χ0) is 25.5. The molecule has 0 N–H and O–H groups in total. The summed E-state index contributed by atoms with van der Waals surface area (Å²) in [6, 6.07) is 43.8. The van der Waals surface area contributed by atoms with Crippen molar-refractivity contribution in [1.82, 2.24) is 9.55 Å². The van der Waals surface area contributed by atoms with Gasteiger partial charge in [-0.25, -0.2) is 4.98 Å². The van der Waals surface area contributed by atoms with Gasteiger partial charge in [0.1, 0.15) is 0 Å². The topological polar surface area (TPSA) is 17.8 Å². The predicted octanol–water partition coefficient (Wildman–Crippen LogP) is 10.6. The highest BCUT2D eigenvalue weighted by molar-refractivity contribution is 7.27. The first-order valence-electron chi connectivity index (χ1n) is 13.1. The first-order valence-corrected chi connectivity index (χ1v) is 14.7. The van der Waals surface area contributed by atoms with Crippen LogP contribution in [0.5, 0.6) is 0 Å². The van der Waals surface area contributed by atoms with Gasteiger partial charge in [0.25, 0.3) is 0 Å². The highest BCUT2D eigenvalue weighted by Crippen LogP contribution is 2.46. The Morgan fingerprint density at radius 3 is 2.18 bits per heavy atom. The lowest BCUT2D eigenvalue weighted by Gasteiger charge is -2.04. The quantitative estimate of drug-likeness (QED) is 0.216. The van der Waals surface area contributed by atoms with Crippen LogP contribution >= 0.6 is 22.7 Å². The molecule has 9 aromatic rings. The molecule has 0 radical (unpaired) electrons. The molecule has 0 amide bonds. The first-order chi connectivity index (χ1) is 19.3. The van der Waals surface area contributed by atoms with Crippen LogP contribution in [0.15, 0.2) is 121 Å². The smallest absolute Gasteiger partial charge is 0.195 e. The molecule has 39 heavy (non-hydrogen) atoms. The molecule has 0 fully saturated rings. The van der Waals surface area contributed by atoms with Crippen LogP contribution in [-0.4, -0.2) is 9.55 Å². The number of hydrogen-bond acceptors (Lipinski definition) is 3. The molecule has 0 aliphatic heterocycles. The molecule has 0 aliphatic rings. The Balaban J connectivity index is 1.43. The van der Waals surface area contributed by atoms with Gasteiger partial charge in [0.05, 0.1) is 21.3 Å². The molecular weight excluding hydrogens is 513 g/mol. The van der Waals surface area contributed by atoms with E-state index in [0.29, 0.717) is 0 Å². The van der Waals surface area contributed by atoms with Crippen molar-refractivity contribution in [2.24, 2.45) is 0 Å². The first kappa shape index (κ1) is 21.4. The minimum Gasteiger partial charge on any atom is -0.285 e. The summed E-state index contributed by atoms with van der Waals surface area (Å²) in [6.45, 7) is 0. The molecule has 0 saturated heterocycles. The van der Waals surface area contributed by atoms with E-state index in [-0.39, 0.29) is 0 Å². The number of nitrogens with zero attached hydrogens (tertiary/aromatic N) is 2. The molecule has 0 spiro atoms. The summed E-state index contributed by atoms with van der Waals surface area (Å²) >= 11 is 3.65. The number of thiazole rings is 1. The van der Waals surface area contributed by atoms with Crippen LogP contribution in [0, 0.1) is 0 Å². The van der Waals surface area contributed by atoms with E-state index >= 15 is 0 Å². The standard InChI is InChI=1S/C35H20N2S2/c1-2-10-21(11-3-1)26-20-30-33(32-25-15-7-9-17-29(25)38-34(26)32)36-35(39-30)37-27-16-8-6-14-24(27)31-23-13-5-4-12-22(23)18-19-28(31)37/h1-20H. The van der Waals surface area contributed by atoms with Crippen molar-refractivity contribution in [2.75, 3.05) is 0 Å². The predicted molar refractivity (Wildman–Crippen MR) is 170 cm³/mol. The average molecular weight is 533 g/mol. The van der Waals surface area contributed by atoms with Gasteiger partial charge < -0.3 is 0 Å². The minimum absolute atomic E-state index is 1.01. The molecule has 0 bridgehead atoms. The third-order valence-electron chi connectivity index (χ3n) is 7.83. The van der Waals surface area contributed by atoms with Crippen molar-refractivity contribution in [2.45, 2.75) is 0 Å². The third kappa shape index (κ3) is 2.98. The molecule has 182 valence electrons. The van der Waals surface area contributed by atoms with Gasteiger partial charge in [-0.3, -0.25) is 4.57 Å². The van der Waals surface area contributed by atoms with E-state index in [0.717, 1.165) is 10.6 Å². The number of hydrogen-bond donors (Lipinski definition) is 0. The summed E-state index contributed by atoms with van der Waals surface area (Å²) in [6.07, 6.45) is 0. The van der Waals surface area contributed by atoms with Crippen molar-refractivity contribution >= 4 is 85.6 Å². The lowest BCUT2D eigenvalue weighted by atomic mass is 10.0. The second-order valence-corrected chi connectivity index (χ2v) is 12.0. The summed E-state index contributed by atoms with van der Waals surface area (Å²) in [5, 5.41) is 8.65. The monoisotopic (exact) mass is 532 g/mol. The molecule has 0 aliphatic carbocycles. The van der Waals surface area contributed by atoms with Crippen LogP contribution in [0.3, 0.4) is 0 Å². The molecule has 3 aromatic heterocycles. The summed E-state index contributed by atoms with van der Waals surface area (Å²) < 4.78 is 6.19. The van der Waals surface area contributed by atoms with E-state index in [1.165, 1.54) is 68.6 Å². The largest absolute Gasteiger partial charge is 0.285 e. The van der Waals surface area contributed by atoms with Crippen molar-refractivity contribution in [1.29, 1.82) is 0 Å². The lowest BCUT2D eigenvalue weighted by Crippen LogP contribution is -1.92. The van der Waals surface area contributed by atoms with Crippen molar-refractivity contribution < 1.29 is 0 Å². The maximum absolute atomic E-state index is 5.41. The Hall–Kier alpha value is -4.51. The zero-order valence-corrected chi connectivity index (χ0v) is 22.4. The number of aromatic nitrogens is 2. The van der Waals surface area contributed by atoms with E-state index in [2.05, 4.69) is 126 Å². The molecule has 0 saturated carbocycles. The van der Waals surface area contributed by atoms with E-state index in [4.69, 9.17) is 4.98 Å². The summed E-state index contributed by atoms with van der Waals surface area (Å²) in [5.41, 5.74) is 6.01. The normalized spacial score (nSPS) is 12.1. The second kappa shape index (κ2) is 8.00. The minimum atomic E-state index is 1.01. The molecule has 2 nitrogen and oxygen atoms in total. The Morgan fingerprint density at radius 2 is 1.28 bits per heavy atom. The number of benzene rings is 6. The van der Waals surface area contributed by atoms with Crippen LogP contribution in [0.1, 0.15) is 0 Å². The van der Waals surface area contributed by atoms with Gasteiger partial charge in [-0.2, -0.15) is 0 Å². The van der Waals surface area contributed by atoms with Crippen molar-refractivity contribution in [3.05, 3.63) is 121 Å². The lowest BCUT2D eigenvalue weighted by molar-refractivity contribution is 1.15. The van der Waals surface area contributed by atoms with Gasteiger partial charge >= 0.3 is 0 Å². The average Bonchev–Trinajstić information content (AvgIpc) is 3.68. The fraction of sp³-hybridized carbons (Fsp3) is 0. The van der Waals surface area contributed by atoms with Gasteiger partial charge in [-0.1, -0.05) is 108 Å². The molecule has 0 unspecified atom stereocenters. The zero-order valence-electron chi connectivity index (χ0n) is 20.8. The molecule has 9 rings (SSSR count). The van der Waals surface area contributed by atoms with Crippen molar-refractivity contribution in [3.63, 3.8) is 0 Å². The second-order valence-electron chi connectivity index (χ2n) is 9.97. The SMILES string of the molecule is c1ccc(-c2cc3sc(-n4c5ccccc5c5c6ccccc6ccc54)nc3c3c2sc2ccccc23)cc1. The van der Waals surface area contributed by atoms with E-state index in [9.17, 15) is 0 Å². The van der Waals surface area contributed by atoms with Crippen LogP contribution in [0.4, 0.5) is 0 Å². The highest BCUT2D eigenvalue weighted by Gasteiger charge is 2.21. The maximum atomic E-state index is 5.41. The highest BCUT2D eigenvalue weighted by atomic mass is 32.1. The summed E-state index contributed by atoms with van der Waals surface area (Å²) in [5.74, 6) is 0. The van der Waals surface area contributed by atoms with Gasteiger partial charge in [0, 0.05) is 36.5 Å². The molecular formula is C35H20N2S2. The third-order valence-corrected chi connectivity index (χ3v) is 10.0. The Labute approximate surface area is 232 Å². The molecule has 3 heterocycles. The fourth-order valence-corrected chi connectivity index (χ4v) is 8.42. The van der Waals surface area contributed by atoms with Crippen molar-refractivity contribution in [3.8, 4) is 16.3 Å². The summed E-state index contributed by atoms with van der Waals surface area (Å²) in [7, 11) is 0. The number of fused-ring (bicyclic) bond motifs is 10. The van der Waals surface area contributed by atoms with Crippen LogP contribution in [-0.2, 0) is 0 Å². The Bertz CT molecular complexity index is 2390. The fourth-order valence-electron chi connectivity index (χ4n) is 6.14. The number of thiophene rings is 1. The van der Waals surface area contributed by atoms with Crippen LogP contribution in [0.25, 0.3) is 79.2 Å². The number of para-hydroxylation sites is 1. The van der Waals surface area contributed by atoms with E-state index in [1.807, 2.05) is 11.3 Å². The van der Waals surface area contributed by atoms with Crippen LogP contribution < -0.4 is 0 Å². The Morgan fingerprint density at radius 1 is 0.538 bits per heavy atom. The molecule has 0 atom stereocenters. The number of rotatable bonds is 2. The van der Waals surface area contributed by atoms with E-state index in [1.54, 1.807) is 11.3 Å². The van der Waals surface area contributed by atoms with Crippen LogP contribution in [0.2, 0.25) is 0 Å². The van der Waals surface area contributed by atoms with Gasteiger partial charge in [0.2, 0.25) is 0 Å². The van der Waals surface area contributed by atoms with Gasteiger partial charge in [-0.15, -0.1) is 11.3 Å². The summed E-state index contributed by atoms with van der Waals surface area (Å²) in [4.78, 5) is 5.41. The van der Waals surface area contributed by atoms with Gasteiger partial charge in [0.15, 0.2) is 5.13 Å². The van der Waals surface area contributed by atoms with E-state index < -0.39 is 0 Å². The molecule has 4 heteroatoms.